The van der Waals surface area contributed by atoms with Gasteiger partial charge in [0, 0.05) is 36.9 Å². The molecule has 8 atom stereocenters. The third-order valence-electron chi connectivity index (χ3n) is 15.2. The van der Waals surface area contributed by atoms with Gasteiger partial charge in [0.15, 0.2) is 27.1 Å². The Morgan fingerprint density at radius 3 is 2.37 bits per heavy atom. The first-order valence-corrected chi connectivity index (χ1v) is 23.9. The van der Waals surface area contributed by atoms with Crippen LogP contribution in [0.25, 0.3) is 34.0 Å². The first-order valence-electron chi connectivity index (χ1n) is 22.4. The van der Waals surface area contributed by atoms with E-state index in [1.54, 1.807) is 44.3 Å². The average molecular weight is 824 g/mol. The number of aliphatic hydroxyl groups excluding tert-OH is 1. The minimum Gasteiger partial charge on any atom is -0.393 e. The van der Waals surface area contributed by atoms with Crippen LogP contribution in [0.3, 0.4) is 0 Å². The summed E-state index contributed by atoms with van der Waals surface area (Å²) in [7, 11) is -1.46. The highest BCUT2D eigenvalue weighted by Gasteiger charge is 2.60. The lowest BCUT2D eigenvalue weighted by Crippen LogP contribution is -2.54. The van der Waals surface area contributed by atoms with Crippen molar-refractivity contribution in [1.29, 1.82) is 0 Å². The highest BCUT2D eigenvalue weighted by molar-refractivity contribution is 7.92. The summed E-state index contributed by atoms with van der Waals surface area (Å²) in [6, 6.07) is 17.0. The second-order valence-electron chi connectivity index (χ2n) is 18.9. The van der Waals surface area contributed by atoms with Gasteiger partial charge >= 0.3 is 0 Å². The molecule has 4 aliphatic rings. The zero-order valence-electron chi connectivity index (χ0n) is 35.8. The summed E-state index contributed by atoms with van der Waals surface area (Å²) in [5.74, 6) is 4.22. The number of ether oxygens (including phenoxy) is 1. The first kappa shape index (κ1) is 42.1. The molecule has 4 aromatic rings. The fourth-order valence-corrected chi connectivity index (χ4v) is 12.8. The molecule has 3 N–H and O–H groups in total. The fourth-order valence-electron chi connectivity index (χ4n) is 11.7. The smallest absolute Gasteiger partial charge is 0.189 e. The Morgan fingerprint density at radius 1 is 0.881 bits per heavy atom. The number of sulfone groups is 1. The molecule has 0 radical (unpaired) electrons. The van der Waals surface area contributed by atoms with Gasteiger partial charge in [-0.2, -0.15) is 0 Å². The summed E-state index contributed by atoms with van der Waals surface area (Å²) in [4.78, 5) is 10.1. The molecule has 318 valence electrons. The van der Waals surface area contributed by atoms with E-state index in [2.05, 4.69) is 41.8 Å². The van der Waals surface area contributed by atoms with Crippen LogP contribution in [0.4, 0.5) is 5.82 Å². The van der Waals surface area contributed by atoms with Gasteiger partial charge in [-0.05, 0) is 150 Å². The normalized spacial score (nSPS) is 29.2. The van der Waals surface area contributed by atoms with Gasteiger partial charge in [-0.15, -0.1) is 0 Å². The number of benzene rings is 2. The minimum atomic E-state index is -3.39. The van der Waals surface area contributed by atoms with Crippen LogP contribution in [-0.2, 0) is 21.1 Å². The van der Waals surface area contributed by atoms with E-state index in [0.717, 1.165) is 80.7 Å². The number of unbranched alkanes of at least 4 members (excludes halogenated alkanes) is 2. The summed E-state index contributed by atoms with van der Waals surface area (Å²) in [5, 5.41) is 21.0. The van der Waals surface area contributed by atoms with Gasteiger partial charge in [0.05, 0.1) is 34.2 Å². The van der Waals surface area contributed by atoms with Crippen molar-refractivity contribution < 1.29 is 22.8 Å². The minimum absolute atomic E-state index is 0.0851. The van der Waals surface area contributed by atoms with Crippen molar-refractivity contribution in [1.82, 2.24) is 20.4 Å². The van der Waals surface area contributed by atoms with E-state index in [9.17, 15) is 13.5 Å². The second-order valence-corrected chi connectivity index (χ2v) is 21.4. The first-order chi connectivity index (χ1) is 28.4. The Morgan fingerprint density at radius 2 is 1.61 bits per heavy atom. The molecule has 4 fully saturated rings. The molecule has 0 saturated heterocycles. The zero-order chi connectivity index (χ0) is 41.4. The van der Waals surface area contributed by atoms with Crippen molar-refractivity contribution in [2.45, 2.75) is 134 Å². The largest absolute Gasteiger partial charge is 0.393 e. The maximum Gasteiger partial charge on any atom is 0.189 e. The van der Waals surface area contributed by atoms with E-state index >= 15 is 0 Å². The molecule has 0 bridgehead atoms. The number of fused-ring (bicyclic) bond motifs is 5. The highest BCUT2D eigenvalue weighted by atomic mass is 32.2. The third-order valence-corrected chi connectivity index (χ3v) is 17.4. The van der Waals surface area contributed by atoms with Gasteiger partial charge in [-0.25, -0.2) is 18.4 Å². The highest BCUT2D eigenvalue weighted by Crippen LogP contribution is 2.66. The molecule has 2 heterocycles. The zero-order valence-corrected chi connectivity index (χ0v) is 36.6. The molecule has 8 rings (SSSR count). The molecule has 2 aromatic heterocycles. The number of anilines is 1. The number of nitrogens with one attached hydrogen (secondary N) is 2. The lowest BCUT2D eigenvalue weighted by atomic mass is 9.45. The van der Waals surface area contributed by atoms with E-state index < -0.39 is 15.1 Å². The molecule has 11 heteroatoms. The molecule has 0 spiro atoms. The summed E-state index contributed by atoms with van der Waals surface area (Å²) in [5.41, 5.74) is 5.45. The lowest BCUT2D eigenvalue weighted by molar-refractivity contribution is -0.141. The quantitative estimate of drug-likeness (QED) is 0.0994. The van der Waals surface area contributed by atoms with Crippen molar-refractivity contribution in [3.05, 3.63) is 66.4 Å². The SMILES string of the molecule is CNCc1ccc(-c2cc(-c3nc(-c4ccc(S(=O)(=O)C(C)C)cc4)cnc3NCCCCCO[C@H]3CC[C@H]4[C@@H]5CC[C@H]6CC(O)CC[C@]6(C)[C@H]5CC[C@]34C)on2)cc1. The molecule has 59 heavy (non-hydrogen) atoms. The molecule has 0 amide bonds. The summed E-state index contributed by atoms with van der Waals surface area (Å²) >= 11 is 0. The van der Waals surface area contributed by atoms with E-state index in [4.69, 9.17) is 19.2 Å². The Labute approximate surface area is 351 Å². The third kappa shape index (κ3) is 8.38. The van der Waals surface area contributed by atoms with E-state index in [-0.39, 0.29) is 16.4 Å². The predicted octanol–water partition coefficient (Wildman–Crippen LogP) is 9.74. The van der Waals surface area contributed by atoms with E-state index in [0.29, 0.717) is 46.1 Å². The lowest BCUT2D eigenvalue weighted by Gasteiger charge is -2.60. The van der Waals surface area contributed by atoms with Crippen molar-refractivity contribution in [2.24, 2.45) is 34.5 Å². The summed E-state index contributed by atoms with van der Waals surface area (Å²) < 4.78 is 38.2. The fraction of sp³-hybridized carbons (Fsp3) is 0.604. The number of nitrogens with zero attached hydrogens (tertiary/aromatic N) is 3. The van der Waals surface area contributed by atoms with Crippen molar-refractivity contribution in [2.75, 3.05) is 25.5 Å². The Balaban J connectivity index is 0.887. The number of rotatable bonds is 15. The van der Waals surface area contributed by atoms with Crippen LogP contribution >= 0.6 is 0 Å². The molecular formula is C48H65N5O5S. The van der Waals surface area contributed by atoms with Gasteiger partial charge in [0.1, 0.15) is 5.69 Å². The standard InChI is InChI=1S/C48H65N5O5S/c1-31(2)59(55,56)37-16-13-34(14-17-37)42-30-51-46(45(52-42)43-28-41(53-58-43)33-11-9-32(10-12-33)29-49-5)50-25-7-6-8-26-57-44-20-19-39-38-18-15-35-27-36(54)21-23-47(35,3)40(38)22-24-48(39,44)4/h9-14,16-17,28,30-31,35-36,38-40,44,49,54H,6-8,15,18-27,29H2,1-5H3,(H,50,51)/t35-,36?,38-,39-,40-,44-,47-,48-/m0/s1. The van der Waals surface area contributed by atoms with Crippen LogP contribution in [0.1, 0.15) is 110 Å². The van der Waals surface area contributed by atoms with Gasteiger partial charge in [0.2, 0.25) is 0 Å². The monoisotopic (exact) mass is 823 g/mol. The van der Waals surface area contributed by atoms with Gasteiger partial charge in [-0.3, -0.25) is 0 Å². The maximum absolute atomic E-state index is 12.8. The Kier molecular flexibility index (Phi) is 12.4. The van der Waals surface area contributed by atoms with Crippen molar-refractivity contribution in [3.8, 4) is 34.0 Å². The Hall–Kier alpha value is -3.64. The maximum atomic E-state index is 12.8. The Bertz CT molecular complexity index is 2160. The van der Waals surface area contributed by atoms with Crippen LogP contribution in [0.15, 0.2) is 70.2 Å². The molecule has 10 nitrogen and oxygen atoms in total. The number of hydrogen-bond acceptors (Lipinski definition) is 10. The molecule has 0 aliphatic heterocycles. The van der Waals surface area contributed by atoms with Crippen LogP contribution < -0.4 is 10.6 Å². The van der Waals surface area contributed by atoms with Crippen molar-refractivity contribution >= 4 is 15.7 Å². The van der Waals surface area contributed by atoms with Gasteiger partial charge < -0.3 is 25.0 Å². The van der Waals surface area contributed by atoms with E-state index in [1.807, 2.05) is 25.2 Å². The number of hydrogen-bond donors (Lipinski definition) is 3. The predicted molar refractivity (Wildman–Crippen MR) is 233 cm³/mol. The van der Waals surface area contributed by atoms with Crippen molar-refractivity contribution in [3.63, 3.8) is 0 Å². The molecular weight excluding hydrogens is 759 g/mol. The van der Waals surface area contributed by atoms with Crippen LogP contribution in [0.2, 0.25) is 0 Å². The van der Waals surface area contributed by atoms with Crippen LogP contribution in [0.5, 0.6) is 0 Å². The number of aromatic nitrogens is 3. The molecule has 2 aromatic carbocycles. The molecule has 4 saturated carbocycles. The topological polar surface area (TPSA) is 139 Å². The molecule has 1 unspecified atom stereocenters. The average Bonchev–Trinajstić information content (AvgIpc) is 3.86. The van der Waals surface area contributed by atoms with E-state index in [1.165, 1.54) is 50.5 Å². The summed E-state index contributed by atoms with van der Waals surface area (Å²) in [6.45, 7) is 10.8. The van der Waals surface area contributed by atoms with Gasteiger partial charge in [0.25, 0.3) is 0 Å². The van der Waals surface area contributed by atoms with Crippen LogP contribution in [0, 0.1) is 34.5 Å². The molecule has 4 aliphatic carbocycles. The number of aliphatic hydroxyl groups is 1. The van der Waals surface area contributed by atoms with Crippen LogP contribution in [-0.4, -0.2) is 66.3 Å². The second kappa shape index (κ2) is 17.4. The van der Waals surface area contributed by atoms with Gasteiger partial charge in [-0.1, -0.05) is 55.4 Å². The summed E-state index contributed by atoms with van der Waals surface area (Å²) in [6.07, 6.45) is 16.0.